The van der Waals surface area contributed by atoms with Crippen LogP contribution in [0.15, 0.2) is 24.3 Å². The number of rotatable bonds is 5. The number of nitrogens with zero attached hydrogens (tertiary/aromatic N) is 1. The first-order valence-corrected chi connectivity index (χ1v) is 5.89. The maximum atomic E-state index is 11.6. The molecular formula is C11H16ClN5O2. The third kappa shape index (κ3) is 4.09. The van der Waals surface area contributed by atoms with E-state index in [9.17, 15) is 9.59 Å². The summed E-state index contributed by atoms with van der Waals surface area (Å²) in [5.74, 6) is 9.32. The van der Waals surface area contributed by atoms with Crippen LogP contribution in [0.2, 0.25) is 5.02 Å². The molecule has 1 atom stereocenters. The number of nitrogens with two attached hydrogens (primary N) is 2. The van der Waals surface area contributed by atoms with Crippen molar-refractivity contribution in [3.8, 4) is 0 Å². The fourth-order valence-corrected chi connectivity index (χ4v) is 1.67. The molecule has 19 heavy (non-hydrogen) atoms. The molecule has 6 N–H and O–H groups in total. The van der Waals surface area contributed by atoms with Gasteiger partial charge in [0.15, 0.2) is 0 Å². The van der Waals surface area contributed by atoms with E-state index in [1.165, 1.54) is 0 Å². The van der Waals surface area contributed by atoms with Crippen LogP contribution in [0.3, 0.4) is 0 Å². The van der Waals surface area contributed by atoms with E-state index in [1.807, 2.05) is 10.9 Å². The minimum absolute atomic E-state index is 0.0767. The van der Waals surface area contributed by atoms with Gasteiger partial charge in [0.1, 0.15) is 6.04 Å². The number of anilines is 1. The second-order valence-electron chi connectivity index (χ2n) is 3.86. The SMILES string of the molecule is C[C@H](C(=O)NN)N(CC(=O)NN)c1ccc(Cl)cc1. The van der Waals surface area contributed by atoms with Crippen LogP contribution in [-0.4, -0.2) is 24.4 Å². The molecule has 1 aromatic carbocycles. The molecule has 0 unspecified atom stereocenters. The van der Waals surface area contributed by atoms with E-state index in [-0.39, 0.29) is 6.54 Å². The monoisotopic (exact) mass is 285 g/mol. The second kappa shape index (κ2) is 6.93. The summed E-state index contributed by atoms with van der Waals surface area (Å²) in [7, 11) is 0. The van der Waals surface area contributed by atoms with Crippen LogP contribution in [0.1, 0.15) is 6.92 Å². The van der Waals surface area contributed by atoms with Crippen LogP contribution in [0.4, 0.5) is 5.69 Å². The number of benzene rings is 1. The molecule has 0 fully saturated rings. The Morgan fingerprint density at radius 1 is 1.26 bits per heavy atom. The molecule has 0 spiro atoms. The molecule has 104 valence electrons. The Bertz CT molecular complexity index is 451. The summed E-state index contributed by atoms with van der Waals surface area (Å²) in [5.41, 5.74) is 4.72. The molecule has 1 rings (SSSR count). The molecule has 0 aliphatic rings. The van der Waals surface area contributed by atoms with Gasteiger partial charge in [-0.25, -0.2) is 11.7 Å². The average Bonchev–Trinajstić information content (AvgIpc) is 2.43. The summed E-state index contributed by atoms with van der Waals surface area (Å²) in [4.78, 5) is 24.6. The number of hydrogen-bond acceptors (Lipinski definition) is 5. The minimum Gasteiger partial charge on any atom is -0.350 e. The fraction of sp³-hybridized carbons (Fsp3) is 0.273. The maximum Gasteiger partial charge on any atom is 0.256 e. The first-order valence-electron chi connectivity index (χ1n) is 5.51. The predicted octanol–water partition coefficient (Wildman–Crippen LogP) is -0.485. The van der Waals surface area contributed by atoms with E-state index in [0.717, 1.165) is 0 Å². The van der Waals surface area contributed by atoms with Gasteiger partial charge in [-0.1, -0.05) is 11.6 Å². The summed E-state index contributed by atoms with van der Waals surface area (Å²) in [5, 5.41) is 0.558. The zero-order valence-electron chi connectivity index (χ0n) is 10.4. The quantitative estimate of drug-likeness (QED) is 0.331. The van der Waals surface area contributed by atoms with Crippen molar-refractivity contribution < 1.29 is 9.59 Å². The van der Waals surface area contributed by atoms with Crippen molar-refractivity contribution in [2.24, 2.45) is 11.7 Å². The molecule has 0 saturated carbocycles. The molecule has 2 amide bonds. The van der Waals surface area contributed by atoms with Gasteiger partial charge < -0.3 is 4.90 Å². The molecule has 1 aromatic rings. The summed E-state index contributed by atoms with van der Waals surface area (Å²) < 4.78 is 0. The smallest absolute Gasteiger partial charge is 0.256 e. The van der Waals surface area contributed by atoms with Crippen LogP contribution < -0.4 is 27.4 Å². The second-order valence-corrected chi connectivity index (χ2v) is 4.29. The number of halogens is 1. The Hall–Kier alpha value is -1.83. The number of nitrogens with one attached hydrogen (secondary N) is 2. The number of amides is 2. The summed E-state index contributed by atoms with van der Waals surface area (Å²) in [6.07, 6.45) is 0. The lowest BCUT2D eigenvalue weighted by Crippen LogP contribution is -2.51. The topological polar surface area (TPSA) is 113 Å². The molecule has 0 bridgehead atoms. The number of hydrogen-bond donors (Lipinski definition) is 4. The van der Waals surface area contributed by atoms with Crippen molar-refractivity contribution in [1.82, 2.24) is 10.9 Å². The minimum atomic E-state index is -0.636. The zero-order valence-corrected chi connectivity index (χ0v) is 11.1. The van der Waals surface area contributed by atoms with Gasteiger partial charge in [-0.15, -0.1) is 0 Å². The van der Waals surface area contributed by atoms with Crippen LogP contribution >= 0.6 is 11.6 Å². The standard InChI is InChI=1S/C11H16ClN5O2/c1-7(11(19)16-14)17(6-10(18)15-13)9-4-2-8(12)3-5-9/h2-5,7H,6,13-14H2,1H3,(H,15,18)(H,16,19)/t7-/m1/s1. The van der Waals surface area contributed by atoms with E-state index in [2.05, 4.69) is 0 Å². The van der Waals surface area contributed by atoms with E-state index in [1.54, 1.807) is 36.1 Å². The Morgan fingerprint density at radius 2 is 1.84 bits per heavy atom. The fourth-order valence-electron chi connectivity index (χ4n) is 1.55. The first kappa shape index (κ1) is 15.2. The van der Waals surface area contributed by atoms with Crippen molar-refractivity contribution in [2.75, 3.05) is 11.4 Å². The van der Waals surface area contributed by atoms with E-state index in [4.69, 9.17) is 23.3 Å². The highest BCUT2D eigenvalue weighted by atomic mass is 35.5. The molecule has 0 radical (unpaired) electrons. The van der Waals surface area contributed by atoms with E-state index < -0.39 is 17.9 Å². The molecule has 0 aromatic heterocycles. The number of carbonyl (C=O) groups is 2. The van der Waals surface area contributed by atoms with Gasteiger partial charge in [0.2, 0.25) is 0 Å². The Morgan fingerprint density at radius 3 is 2.32 bits per heavy atom. The van der Waals surface area contributed by atoms with Gasteiger partial charge in [-0.3, -0.25) is 20.4 Å². The van der Waals surface area contributed by atoms with Gasteiger partial charge in [0, 0.05) is 10.7 Å². The van der Waals surface area contributed by atoms with Crippen molar-refractivity contribution >= 4 is 29.1 Å². The lowest BCUT2D eigenvalue weighted by atomic mass is 10.2. The normalized spacial score (nSPS) is 11.6. The molecule has 0 aliphatic carbocycles. The Kier molecular flexibility index (Phi) is 5.56. The molecular weight excluding hydrogens is 270 g/mol. The van der Waals surface area contributed by atoms with Crippen molar-refractivity contribution in [2.45, 2.75) is 13.0 Å². The summed E-state index contributed by atoms with van der Waals surface area (Å²) in [6.45, 7) is 1.55. The first-order chi connectivity index (χ1) is 8.99. The van der Waals surface area contributed by atoms with Gasteiger partial charge >= 0.3 is 0 Å². The highest BCUT2D eigenvalue weighted by molar-refractivity contribution is 6.30. The molecule has 0 saturated heterocycles. The number of carbonyl (C=O) groups excluding carboxylic acids is 2. The Labute approximate surface area is 115 Å². The molecule has 7 nitrogen and oxygen atoms in total. The van der Waals surface area contributed by atoms with Crippen LogP contribution in [-0.2, 0) is 9.59 Å². The highest BCUT2D eigenvalue weighted by Gasteiger charge is 2.23. The molecule has 0 aliphatic heterocycles. The van der Waals surface area contributed by atoms with Gasteiger partial charge in [0.05, 0.1) is 6.54 Å². The molecule has 0 heterocycles. The van der Waals surface area contributed by atoms with Gasteiger partial charge in [0.25, 0.3) is 11.8 Å². The van der Waals surface area contributed by atoms with Crippen LogP contribution in [0.5, 0.6) is 0 Å². The predicted molar refractivity (Wildman–Crippen MR) is 72.9 cm³/mol. The lowest BCUT2D eigenvalue weighted by molar-refractivity contribution is -0.122. The lowest BCUT2D eigenvalue weighted by Gasteiger charge is -2.29. The molecule has 8 heteroatoms. The third-order valence-electron chi connectivity index (χ3n) is 2.62. The summed E-state index contributed by atoms with van der Waals surface area (Å²) in [6, 6.07) is 6.09. The van der Waals surface area contributed by atoms with E-state index >= 15 is 0 Å². The van der Waals surface area contributed by atoms with Crippen molar-refractivity contribution in [1.29, 1.82) is 0 Å². The summed E-state index contributed by atoms with van der Waals surface area (Å²) >= 11 is 5.80. The van der Waals surface area contributed by atoms with Crippen molar-refractivity contribution in [3.63, 3.8) is 0 Å². The van der Waals surface area contributed by atoms with Gasteiger partial charge in [-0.2, -0.15) is 0 Å². The van der Waals surface area contributed by atoms with Crippen LogP contribution in [0, 0.1) is 0 Å². The number of hydrazine groups is 2. The highest BCUT2D eigenvalue weighted by Crippen LogP contribution is 2.20. The average molecular weight is 286 g/mol. The van der Waals surface area contributed by atoms with E-state index in [0.29, 0.717) is 10.7 Å². The largest absolute Gasteiger partial charge is 0.350 e. The van der Waals surface area contributed by atoms with Crippen LogP contribution in [0.25, 0.3) is 0 Å². The van der Waals surface area contributed by atoms with Crippen molar-refractivity contribution in [3.05, 3.63) is 29.3 Å². The Balaban J connectivity index is 3.00. The maximum absolute atomic E-state index is 11.6. The van der Waals surface area contributed by atoms with Gasteiger partial charge in [-0.05, 0) is 31.2 Å². The third-order valence-corrected chi connectivity index (χ3v) is 2.87. The zero-order chi connectivity index (χ0) is 14.4.